The first kappa shape index (κ1) is 16.1. The third-order valence-electron chi connectivity index (χ3n) is 2.31. The van der Waals surface area contributed by atoms with Crippen LogP contribution in [0.1, 0.15) is 6.42 Å². The normalized spacial score (nSPS) is 10.3. The maximum atomic E-state index is 11.0. The van der Waals surface area contributed by atoms with E-state index in [0.717, 1.165) is 6.42 Å². The van der Waals surface area contributed by atoms with Crippen LogP contribution in [0.3, 0.4) is 0 Å². The summed E-state index contributed by atoms with van der Waals surface area (Å²) >= 11 is 0. The molecule has 0 aliphatic heterocycles. The fourth-order valence-corrected chi connectivity index (χ4v) is 1.42. The predicted molar refractivity (Wildman–Crippen MR) is 71.0 cm³/mol. The SMILES string of the molecule is CNc1ncnc(OCCOCCCOC)c1[N+](=O)[O-]. The van der Waals surface area contributed by atoms with Crippen molar-refractivity contribution >= 4 is 11.5 Å². The van der Waals surface area contributed by atoms with Crippen LogP contribution in [0.4, 0.5) is 11.5 Å². The zero-order valence-corrected chi connectivity index (χ0v) is 11.5. The summed E-state index contributed by atoms with van der Waals surface area (Å²) < 4.78 is 15.4. The predicted octanol–water partition coefficient (Wildman–Crippen LogP) is 0.858. The van der Waals surface area contributed by atoms with Crippen LogP contribution in [-0.4, -0.2) is 55.5 Å². The summed E-state index contributed by atoms with van der Waals surface area (Å²) in [4.78, 5) is 17.9. The van der Waals surface area contributed by atoms with Gasteiger partial charge in [-0.25, -0.2) is 4.98 Å². The molecule has 0 aromatic carbocycles. The van der Waals surface area contributed by atoms with Crippen molar-refractivity contribution in [2.75, 3.05) is 45.9 Å². The van der Waals surface area contributed by atoms with Gasteiger partial charge in [-0.3, -0.25) is 10.1 Å². The average molecular weight is 286 g/mol. The molecule has 0 aliphatic rings. The Hall–Kier alpha value is -2.00. The van der Waals surface area contributed by atoms with Gasteiger partial charge in [0.05, 0.1) is 11.5 Å². The Morgan fingerprint density at radius 3 is 2.75 bits per heavy atom. The first-order valence-electron chi connectivity index (χ1n) is 6.07. The molecule has 1 rings (SSSR count). The summed E-state index contributed by atoms with van der Waals surface area (Å²) in [6.07, 6.45) is 1.99. The monoisotopic (exact) mass is 286 g/mol. The Morgan fingerprint density at radius 2 is 2.10 bits per heavy atom. The van der Waals surface area contributed by atoms with Crippen LogP contribution < -0.4 is 10.1 Å². The number of nitrogens with zero attached hydrogens (tertiary/aromatic N) is 3. The molecule has 0 saturated carbocycles. The van der Waals surface area contributed by atoms with Gasteiger partial charge in [-0.05, 0) is 6.42 Å². The number of hydrogen-bond acceptors (Lipinski definition) is 8. The summed E-state index contributed by atoms with van der Waals surface area (Å²) in [7, 11) is 3.16. The number of methoxy groups -OCH3 is 1. The van der Waals surface area contributed by atoms with Gasteiger partial charge in [-0.1, -0.05) is 0 Å². The first-order chi connectivity index (χ1) is 9.70. The number of nitrogens with one attached hydrogen (secondary N) is 1. The van der Waals surface area contributed by atoms with Crippen molar-refractivity contribution in [3.05, 3.63) is 16.4 Å². The maximum absolute atomic E-state index is 11.0. The minimum absolute atomic E-state index is 0.0742. The van der Waals surface area contributed by atoms with Crippen molar-refractivity contribution in [3.63, 3.8) is 0 Å². The topological polar surface area (TPSA) is 109 Å². The molecule has 20 heavy (non-hydrogen) atoms. The van der Waals surface area contributed by atoms with Crippen LogP contribution in [0, 0.1) is 10.1 Å². The number of nitro groups is 1. The van der Waals surface area contributed by atoms with E-state index in [-0.39, 0.29) is 24.0 Å². The molecule has 0 spiro atoms. The van der Waals surface area contributed by atoms with Crippen molar-refractivity contribution in [2.45, 2.75) is 6.42 Å². The van der Waals surface area contributed by atoms with Crippen LogP contribution in [0.2, 0.25) is 0 Å². The van der Waals surface area contributed by atoms with Crippen molar-refractivity contribution in [2.24, 2.45) is 0 Å². The Kier molecular flexibility index (Phi) is 7.22. The quantitative estimate of drug-likeness (QED) is 0.383. The van der Waals surface area contributed by atoms with Gasteiger partial charge >= 0.3 is 5.69 Å². The molecule has 0 saturated heterocycles. The number of aromatic nitrogens is 2. The van der Waals surface area contributed by atoms with Crippen LogP contribution in [0.25, 0.3) is 0 Å². The number of rotatable bonds is 10. The molecule has 0 fully saturated rings. The van der Waals surface area contributed by atoms with Gasteiger partial charge in [-0.2, -0.15) is 4.98 Å². The standard InChI is InChI=1S/C11H18N4O5/c1-12-10-9(15(16)17)11(14-8-13-10)20-7-6-19-5-3-4-18-2/h8H,3-7H2,1-2H3,(H,12,13,14). The lowest BCUT2D eigenvalue weighted by molar-refractivity contribution is -0.385. The van der Waals surface area contributed by atoms with Gasteiger partial charge in [0.15, 0.2) is 0 Å². The summed E-state index contributed by atoms with van der Waals surface area (Å²) in [6.45, 7) is 1.67. The van der Waals surface area contributed by atoms with Crippen molar-refractivity contribution in [1.29, 1.82) is 0 Å². The molecule has 1 aromatic heterocycles. The zero-order valence-electron chi connectivity index (χ0n) is 11.5. The molecule has 0 aliphatic carbocycles. The molecule has 112 valence electrons. The molecular formula is C11H18N4O5. The van der Waals surface area contributed by atoms with E-state index < -0.39 is 4.92 Å². The van der Waals surface area contributed by atoms with E-state index in [4.69, 9.17) is 14.2 Å². The lowest BCUT2D eigenvalue weighted by Gasteiger charge is -2.08. The fourth-order valence-electron chi connectivity index (χ4n) is 1.42. The minimum atomic E-state index is -0.583. The molecular weight excluding hydrogens is 268 g/mol. The molecule has 0 radical (unpaired) electrons. The molecule has 1 heterocycles. The van der Waals surface area contributed by atoms with Gasteiger partial charge < -0.3 is 19.5 Å². The van der Waals surface area contributed by atoms with E-state index >= 15 is 0 Å². The molecule has 1 N–H and O–H groups in total. The van der Waals surface area contributed by atoms with Crippen molar-refractivity contribution in [3.8, 4) is 5.88 Å². The molecule has 0 bridgehead atoms. The average Bonchev–Trinajstić information content (AvgIpc) is 2.45. The van der Waals surface area contributed by atoms with E-state index in [1.165, 1.54) is 13.4 Å². The van der Waals surface area contributed by atoms with Crippen LogP contribution in [0.5, 0.6) is 5.88 Å². The first-order valence-corrected chi connectivity index (χ1v) is 6.07. The highest BCUT2D eigenvalue weighted by molar-refractivity contribution is 5.60. The highest BCUT2D eigenvalue weighted by Crippen LogP contribution is 2.30. The third kappa shape index (κ3) is 4.94. The number of hydrogen-bond donors (Lipinski definition) is 1. The second-order valence-electron chi connectivity index (χ2n) is 3.69. The Morgan fingerprint density at radius 1 is 1.30 bits per heavy atom. The number of ether oxygens (including phenoxy) is 3. The zero-order chi connectivity index (χ0) is 14.8. The van der Waals surface area contributed by atoms with E-state index in [2.05, 4.69) is 15.3 Å². The van der Waals surface area contributed by atoms with E-state index in [0.29, 0.717) is 19.8 Å². The molecule has 0 atom stereocenters. The van der Waals surface area contributed by atoms with E-state index in [1.807, 2.05) is 0 Å². The lowest BCUT2D eigenvalue weighted by atomic mass is 10.4. The Balaban J connectivity index is 2.45. The highest BCUT2D eigenvalue weighted by atomic mass is 16.6. The second kappa shape index (κ2) is 8.99. The van der Waals surface area contributed by atoms with Gasteiger partial charge in [0.2, 0.25) is 5.82 Å². The molecule has 9 heteroatoms. The minimum Gasteiger partial charge on any atom is -0.470 e. The second-order valence-corrected chi connectivity index (χ2v) is 3.69. The lowest BCUT2D eigenvalue weighted by Crippen LogP contribution is -2.11. The summed E-state index contributed by atoms with van der Waals surface area (Å²) in [5.41, 5.74) is -0.283. The van der Waals surface area contributed by atoms with Crippen molar-refractivity contribution in [1.82, 2.24) is 9.97 Å². The fraction of sp³-hybridized carbons (Fsp3) is 0.636. The van der Waals surface area contributed by atoms with E-state index in [9.17, 15) is 10.1 Å². The smallest absolute Gasteiger partial charge is 0.372 e. The van der Waals surface area contributed by atoms with Crippen LogP contribution in [-0.2, 0) is 9.47 Å². The summed E-state index contributed by atoms with van der Waals surface area (Å²) in [5, 5.41) is 13.6. The highest BCUT2D eigenvalue weighted by Gasteiger charge is 2.23. The van der Waals surface area contributed by atoms with Gasteiger partial charge in [0.1, 0.15) is 12.9 Å². The van der Waals surface area contributed by atoms with Gasteiger partial charge in [0, 0.05) is 27.4 Å². The molecule has 0 unspecified atom stereocenters. The molecule has 9 nitrogen and oxygen atoms in total. The van der Waals surface area contributed by atoms with Crippen molar-refractivity contribution < 1.29 is 19.1 Å². The summed E-state index contributed by atoms with van der Waals surface area (Å²) in [5.74, 6) is 0.0378. The third-order valence-corrected chi connectivity index (χ3v) is 2.31. The van der Waals surface area contributed by atoms with Crippen LogP contribution in [0.15, 0.2) is 6.33 Å². The summed E-state index contributed by atoms with van der Waals surface area (Å²) in [6, 6.07) is 0. The Bertz CT molecular complexity index is 429. The van der Waals surface area contributed by atoms with E-state index in [1.54, 1.807) is 7.11 Å². The maximum Gasteiger partial charge on any atom is 0.372 e. The van der Waals surface area contributed by atoms with Gasteiger partial charge in [-0.15, -0.1) is 0 Å². The van der Waals surface area contributed by atoms with Crippen LogP contribution >= 0.6 is 0 Å². The molecule has 0 amide bonds. The Labute approximate surface area is 116 Å². The molecule has 1 aromatic rings. The number of anilines is 1. The largest absolute Gasteiger partial charge is 0.470 e. The van der Waals surface area contributed by atoms with Gasteiger partial charge in [0.25, 0.3) is 5.88 Å².